The maximum atomic E-state index is 11.4. The fourth-order valence-electron chi connectivity index (χ4n) is 1.10. The number of aliphatic hydroxyl groups excluding tert-OH is 1. The van der Waals surface area contributed by atoms with Gasteiger partial charge in [0.2, 0.25) is 5.91 Å². The molecule has 0 aromatic rings. The van der Waals surface area contributed by atoms with Gasteiger partial charge in [-0.1, -0.05) is 0 Å². The predicted molar refractivity (Wildman–Crippen MR) is 52.0 cm³/mol. The number of ether oxygens (including phenoxy) is 2. The minimum absolute atomic E-state index is 0.0254. The SMILES string of the molecule is COCCCN(CCO)C(=O)COC. The number of hydrogen-bond acceptors (Lipinski definition) is 4. The van der Waals surface area contributed by atoms with Crippen molar-refractivity contribution in [3.63, 3.8) is 0 Å². The van der Waals surface area contributed by atoms with E-state index in [1.807, 2.05) is 0 Å². The van der Waals surface area contributed by atoms with Crippen molar-refractivity contribution in [2.45, 2.75) is 6.42 Å². The second kappa shape index (κ2) is 8.93. The van der Waals surface area contributed by atoms with Gasteiger partial charge in [-0.15, -0.1) is 0 Å². The van der Waals surface area contributed by atoms with Gasteiger partial charge in [0.1, 0.15) is 6.61 Å². The monoisotopic (exact) mass is 205 g/mol. The molecule has 84 valence electrons. The van der Waals surface area contributed by atoms with Crippen molar-refractivity contribution in [2.75, 3.05) is 47.1 Å². The van der Waals surface area contributed by atoms with Gasteiger partial charge >= 0.3 is 0 Å². The minimum atomic E-state index is -0.0994. The largest absolute Gasteiger partial charge is 0.395 e. The van der Waals surface area contributed by atoms with Crippen molar-refractivity contribution in [1.82, 2.24) is 4.90 Å². The van der Waals surface area contributed by atoms with E-state index in [-0.39, 0.29) is 19.1 Å². The van der Waals surface area contributed by atoms with Crippen LogP contribution in [0.4, 0.5) is 0 Å². The van der Waals surface area contributed by atoms with Gasteiger partial charge < -0.3 is 19.5 Å². The van der Waals surface area contributed by atoms with Gasteiger partial charge in [0.15, 0.2) is 0 Å². The highest BCUT2D eigenvalue weighted by Gasteiger charge is 2.11. The summed E-state index contributed by atoms with van der Waals surface area (Å²) >= 11 is 0. The van der Waals surface area contributed by atoms with Gasteiger partial charge in [0, 0.05) is 33.9 Å². The van der Waals surface area contributed by atoms with Gasteiger partial charge in [-0.05, 0) is 6.42 Å². The van der Waals surface area contributed by atoms with Crippen LogP contribution in [0.3, 0.4) is 0 Å². The van der Waals surface area contributed by atoms with Crippen LogP contribution in [0, 0.1) is 0 Å². The van der Waals surface area contributed by atoms with Gasteiger partial charge in [0.25, 0.3) is 0 Å². The number of nitrogens with zero attached hydrogens (tertiary/aromatic N) is 1. The number of carbonyl (C=O) groups is 1. The fourth-order valence-corrected chi connectivity index (χ4v) is 1.10. The standard InChI is InChI=1S/C9H19NO4/c1-13-7-3-4-10(5-6-11)9(12)8-14-2/h11H,3-8H2,1-2H3. The van der Waals surface area contributed by atoms with E-state index in [0.717, 1.165) is 6.42 Å². The Balaban J connectivity index is 3.81. The molecule has 0 fully saturated rings. The Bertz CT molecular complexity index is 152. The predicted octanol–water partition coefficient (Wildman–Crippen LogP) is -0.510. The molecule has 0 aromatic heterocycles. The average Bonchev–Trinajstić information content (AvgIpc) is 2.17. The minimum Gasteiger partial charge on any atom is -0.395 e. The van der Waals surface area contributed by atoms with Crippen LogP contribution in [-0.2, 0) is 14.3 Å². The van der Waals surface area contributed by atoms with Crippen molar-refractivity contribution < 1.29 is 19.4 Å². The number of hydrogen-bond donors (Lipinski definition) is 1. The zero-order valence-electron chi connectivity index (χ0n) is 8.86. The third kappa shape index (κ3) is 5.90. The molecule has 0 atom stereocenters. The van der Waals surface area contributed by atoms with E-state index >= 15 is 0 Å². The summed E-state index contributed by atoms with van der Waals surface area (Å²) < 4.78 is 9.61. The highest BCUT2D eigenvalue weighted by molar-refractivity contribution is 5.77. The molecule has 0 saturated carbocycles. The lowest BCUT2D eigenvalue weighted by Gasteiger charge is -2.21. The lowest BCUT2D eigenvalue weighted by molar-refractivity contribution is -0.135. The summed E-state index contributed by atoms with van der Waals surface area (Å²) in [5, 5.41) is 8.74. The molecule has 0 rings (SSSR count). The first-order valence-electron chi connectivity index (χ1n) is 4.62. The second-order valence-corrected chi connectivity index (χ2v) is 2.88. The summed E-state index contributed by atoms with van der Waals surface area (Å²) in [6.07, 6.45) is 0.770. The van der Waals surface area contributed by atoms with E-state index in [1.165, 1.54) is 7.11 Å². The van der Waals surface area contributed by atoms with Crippen LogP contribution in [-0.4, -0.2) is 63.0 Å². The first-order chi connectivity index (χ1) is 6.76. The van der Waals surface area contributed by atoms with Gasteiger partial charge in [-0.2, -0.15) is 0 Å². The lowest BCUT2D eigenvalue weighted by atomic mass is 10.3. The molecule has 0 unspecified atom stereocenters. The summed E-state index contributed by atoms with van der Waals surface area (Å²) in [5.74, 6) is -0.0994. The van der Waals surface area contributed by atoms with E-state index in [2.05, 4.69) is 0 Å². The molecule has 0 saturated heterocycles. The molecular formula is C9H19NO4. The number of amides is 1. The van der Waals surface area contributed by atoms with Crippen LogP contribution in [0.2, 0.25) is 0 Å². The van der Waals surface area contributed by atoms with Crippen molar-refractivity contribution in [2.24, 2.45) is 0 Å². The molecule has 0 heterocycles. The van der Waals surface area contributed by atoms with E-state index in [4.69, 9.17) is 14.6 Å². The summed E-state index contributed by atoms with van der Waals surface area (Å²) in [5.41, 5.74) is 0. The Morgan fingerprint density at radius 2 is 2.00 bits per heavy atom. The van der Waals surface area contributed by atoms with Crippen molar-refractivity contribution in [3.8, 4) is 0 Å². The molecule has 0 spiro atoms. The Morgan fingerprint density at radius 1 is 1.29 bits per heavy atom. The number of carbonyl (C=O) groups excluding carboxylic acids is 1. The fraction of sp³-hybridized carbons (Fsp3) is 0.889. The Morgan fingerprint density at radius 3 is 2.50 bits per heavy atom. The van der Waals surface area contributed by atoms with E-state index < -0.39 is 0 Å². The Hall–Kier alpha value is -0.650. The van der Waals surface area contributed by atoms with E-state index in [0.29, 0.717) is 19.7 Å². The normalized spacial score (nSPS) is 10.2. The van der Waals surface area contributed by atoms with Crippen LogP contribution in [0.25, 0.3) is 0 Å². The maximum Gasteiger partial charge on any atom is 0.248 e. The van der Waals surface area contributed by atoms with Crippen LogP contribution in [0.5, 0.6) is 0 Å². The van der Waals surface area contributed by atoms with Crippen molar-refractivity contribution >= 4 is 5.91 Å². The molecule has 0 bridgehead atoms. The van der Waals surface area contributed by atoms with Crippen LogP contribution < -0.4 is 0 Å². The van der Waals surface area contributed by atoms with Crippen LogP contribution in [0.15, 0.2) is 0 Å². The summed E-state index contributed by atoms with van der Waals surface area (Å²) in [4.78, 5) is 12.9. The molecule has 0 aliphatic carbocycles. The van der Waals surface area contributed by atoms with Gasteiger partial charge in [-0.3, -0.25) is 4.79 Å². The summed E-state index contributed by atoms with van der Waals surface area (Å²) in [6.45, 7) is 1.60. The molecule has 0 aliphatic rings. The first kappa shape index (κ1) is 13.4. The summed E-state index contributed by atoms with van der Waals surface area (Å²) in [7, 11) is 3.09. The molecule has 0 radical (unpaired) electrons. The number of aliphatic hydroxyl groups is 1. The quantitative estimate of drug-likeness (QED) is 0.542. The highest BCUT2D eigenvalue weighted by atomic mass is 16.5. The number of methoxy groups -OCH3 is 2. The topological polar surface area (TPSA) is 59.0 Å². The molecule has 14 heavy (non-hydrogen) atoms. The first-order valence-corrected chi connectivity index (χ1v) is 4.62. The van der Waals surface area contributed by atoms with Gasteiger partial charge in [0.05, 0.1) is 6.61 Å². The van der Waals surface area contributed by atoms with Crippen LogP contribution in [0.1, 0.15) is 6.42 Å². The maximum absolute atomic E-state index is 11.4. The molecule has 1 amide bonds. The third-order valence-electron chi connectivity index (χ3n) is 1.77. The highest BCUT2D eigenvalue weighted by Crippen LogP contribution is 1.93. The molecule has 5 nitrogen and oxygen atoms in total. The van der Waals surface area contributed by atoms with Crippen molar-refractivity contribution in [3.05, 3.63) is 0 Å². The molecule has 1 N–H and O–H groups in total. The molecular weight excluding hydrogens is 186 g/mol. The van der Waals surface area contributed by atoms with E-state index in [1.54, 1.807) is 12.0 Å². The van der Waals surface area contributed by atoms with E-state index in [9.17, 15) is 4.79 Å². The van der Waals surface area contributed by atoms with Gasteiger partial charge in [-0.25, -0.2) is 0 Å². The average molecular weight is 205 g/mol. The zero-order valence-corrected chi connectivity index (χ0v) is 8.86. The molecule has 5 heteroatoms. The Labute approximate surface area is 84.6 Å². The smallest absolute Gasteiger partial charge is 0.248 e. The molecule has 0 aromatic carbocycles. The third-order valence-corrected chi connectivity index (χ3v) is 1.77. The summed E-state index contributed by atoms with van der Waals surface area (Å²) in [6, 6.07) is 0. The molecule has 0 aliphatic heterocycles. The lowest BCUT2D eigenvalue weighted by Crippen LogP contribution is -2.37. The van der Waals surface area contributed by atoms with Crippen LogP contribution >= 0.6 is 0 Å². The second-order valence-electron chi connectivity index (χ2n) is 2.88. The van der Waals surface area contributed by atoms with Crippen molar-refractivity contribution in [1.29, 1.82) is 0 Å². The zero-order chi connectivity index (χ0) is 10.8. The Kier molecular flexibility index (Phi) is 8.51. The number of rotatable bonds is 8.